The van der Waals surface area contributed by atoms with Crippen LogP contribution in [0.3, 0.4) is 0 Å². The number of nitrogens with zero attached hydrogens (tertiary/aromatic N) is 1. The SMILES string of the molecule is NC(=O)C1CCN(CC(=O)C2CCCCC2)CC1. The largest absolute Gasteiger partial charge is 0.369 e. The van der Waals surface area contributed by atoms with E-state index < -0.39 is 0 Å². The van der Waals surface area contributed by atoms with Crippen LogP contribution in [0.15, 0.2) is 0 Å². The molecule has 4 heteroatoms. The van der Waals surface area contributed by atoms with Gasteiger partial charge in [0.15, 0.2) is 0 Å². The molecule has 1 aliphatic heterocycles. The highest BCUT2D eigenvalue weighted by Crippen LogP contribution is 2.25. The third-order valence-electron chi connectivity index (χ3n) is 4.43. The molecule has 102 valence electrons. The predicted octanol–water partition coefficient (Wildman–Crippen LogP) is 1.33. The highest BCUT2D eigenvalue weighted by atomic mass is 16.1. The minimum Gasteiger partial charge on any atom is -0.369 e. The molecule has 2 aliphatic rings. The second-order valence-corrected chi connectivity index (χ2v) is 5.75. The molecule has 1 aliphatic carbocycles. The van der Waals surface area contributed by atoms with Crippen LogP contribution >= 0.6 is 0 Å². The van der Waals surface area contributed by atoms with Crippen molar-refractivity contribution in [2.24, 2.45) is 17.6 Å². The van der Waals surface area contributed by atoms with Crippen LogP contribution in [-0.4, -0.2) is 36.2 Å². The topological polar surface area (TPSA) is 63.4 Å². The van der Waals surface area contributed by atoms with Gasteiger partial charge in [-0.15, -0.1) is 0 Å². The average molecular weight is 252 g/mol. The Labute approximate surface area is 109 Å². The first-order chi connectivity index (χ1) is 8.66. The Morgan fingerprint density at radius 3 is 2.11 bits per heavy atom. The van der Waals surface area contributed by atoms with Gasteiger partial charge < -0.3 is 5.73 Å². The summed E-state index contributed by atoms with van der Waals surface area (Å²) in [6, 6.07) is 0. The first kappa shape index (κ1) is 13.5. The van der Waals surface area contributed by atoms with E-state index in [2.05, 4.69) is 4.90 Å². The van der Waals surface area contributed by atoms with Gasteiger partial charge >= 0.3 is 0 Å². The molecule has 1 saturated carbocycles. The van der Waals surface area contributed by atoms with E-state index in [1.165, 1.54) is 19.3 Å². The van der Waals surface area contributed by atoms with Crippen LogP contribution in [0.2, 0.25) is 0 Å². The maximum Gasteiger partial charge on any atom is 0.220 e. The Kier molecular flexibility index (Phi) is 4.75. The van der Waals surface area contributed by atoms with E-state index >= 15 is 0 Å². The second kappa shape index (κ2) is 6.32. The fourth-order valence-corrected chi connectivity index (χ4v) is 3.15. The molecule has 4 nitrogen and oxygen atoms in total. The van der Waals surface area contributed by atoms with Gasteiger partial charge in [0.05, 0.1) is 6.54 Å². The molecule has 2 N–H and O–H groups in total. The summed E-state index contributed by atoms with van der Waals surface area (Å²) in [5, 5.41) is 0. The molecule has 18 heavy (non-hydrogen) atoms. The number of ketones is 1. The summed E-state index contributed by atoms with van der Waals surface area (Å²) < 4.78 is 0. The zero-order chi connectivity index (χ0) is 13.0. The summed E-state index contributed by atoms with van der Waals surface area (Å²) in [7, 11) is 0. The van der Waals surface area contributed by atoms with Crippen molar-refractivity contribution in [3.8, 4) is 0 Å². The minimum atomic E-state index is -0.187. The van der Waals surface area contributed by atoms with Crippen LogP contribution in [-0.2, 0) is 9.59 Å². The third-order valence-corrected chi connectivity index (χ3v) is 4.43. The van der Waals surface area contributed by atoms with Gasteiger partial charge in [0.2, 0.25) is 5.91 Å². The number of carbonyl (C=O) groups is 2. The molecule has 2 rings (SSSR count). The third kappa shape index (κ3) is 3.55. The van der Waals surface area contributed by atoms with Gasteiger partial charge in [-0.2, -0.15) is 0 Å². The van der Waals surface area contributed by atoms with E-state index in [-0.39, 0.29) is 11.8 Å². The quantitative estimate of drug-likeness (QED) is 0.821. The van der Waals surface area contributed by atoms with Gasteiger partial charge in [0, 0.05) is 11.8 Å². The van der Waals surface area contributed by atoms with Crippen LogP contribution in [0.5, 0.6) is 0 Å². The van der Waals surface area contributed by atoms with Gasteiger partial charge in [-0.25, -0.2) is 0 Å². The molecule has 1 heterocycles. The number of hydrogen-bond donors (Lipinski definition) is 1. The van der Waals surface area contributed by atoms with E-state index in [0.29, 0.717) is 18.2 Å². The zero-order valence-corrected chi connectivity index (χ0v) is 11.1. The van der Waals surface area contributed by atoms with E-state index in [1.807, 2.05) is 0 Å². The number of rotatable bonds is 4. The van der Waals surface area contributed by atoms with Crippen LogP contribution in [0, 0.1) is 11.8 Å². The summed E-state index contributed by atoms with van der Waals surface area (Å²) in [5.41, 5.74) is 5.31. The molecule has 0 radical (unpaired) electrons. The molecule has 0 aromatic heterocycles. The van der Waals surface area contributed by atoms with Crippen molar-refractivity contribution in [2.45, 2.75) is 44.9 Å². The predicted molar refractivity (Wildman–Crippen MR) is 69.9 cm³/mol. The molecular formula is C14H24N2O2. The van der Waals surface area contributed by atoms with Crippen LogP contribution in [0.1, 0.15) is 44.9 Å². The number of likely N-dealkylation sites (tertiary alicyclic amines) is 1. The number of carbonyl (C=O) groups excluding carboxylic acids is 2. The normalized spacial score (nSPS) is 24.0. The van der Waals surface area contributed by atoms with Crippen molar-refractivity contribution >= 4 is 11.7 Å². The number of hydrogen-bond acceptors (Lipinski definition) is 3. The maximum absolute atomic E-state index is 12.1. The zero-order valence-electron chi connectivity index (χ0n) is 11.1. The maximum atomic E-state index is 12.1. The molecule has 0 bridgehead atoms. The standard InChI is InChI=1S/C14H24N2O2/c15-14(18)12-6-8-16(9-7-12)10-13(17)11-4-2-1-3-5-11/h11-12H,1-10H2,(H2,15,18). The number of piperidine rings is 1. The summed E-state index contributed by atoms with van der Waals surface area (Å²) in [6.45, 7) is 2.26. The Balaban J connectivity index is 1.73. The Hall–Kier alpha value is -0.900. The van der Waals surface area contributed by atoms with Gasteiger partial charge in [0.25, 0.3) is 0 Å². The first-order valence-corrected chi connectivity index (χ1v) is 7.21. The minimum absolute atomic E-state index is 0.0195. The number of nitrogens with two attached hydrogens (primary N) is 1. The molecule has 0 aromatic carbocycles. The van der Waals surface area contributed by atoms with Gasteiger partial charge in [-0.1, -0.05) is 19.3 Å². The summed E-state index contributed by atoms with van der Waals surface area (Å²) >= 11 is 0. The lowest BCUT2D eigenvalue weighted by Gasteiger charge is -2.31. The van der Waals surface area contributed by atoms with Gasteiger partial charge in [-0.05, 0) is 38.8 Å². The van der Waals surface area contributed by atoms with Gasteiger partial charge in [0.1, 0.15) is 5.78 Å². The Morgan fingerprint density at radius 2 is 1.56 bits per heavy atom. The number of primary amides is 1. The fraction of sp³-hybridized carbons (Fsp3) is 0.857. The molecule has 1 amide bonds. The van der Waals surface area contributed by atoms with E-state index in [0.717, 1.165) is 38.8 Å². The summed E-state index contributed by atoms with van der Waals surface area (Å²) in [5.74, 6) is 0.541. The van der Waals surface area contributed by atoms with Crippen LogP contribution < -0.4 is 5.73 Å². The second-order valence-electron chi connectivity index (χ2n) is 5.75. The number of Topliss-reactive ketones (excluding diaryl/α,β-unsaturated/α-hetero) is 1. The van der Waals surface area contributed by atoms with Crippen molar-refractivity contribution in [3.05, 3.63) is 0 Å². The molecular weight excluding hydrogens is 228 g/mol. The summed E-state index contributed by atoms with van der Waals surface area (Å²) in [4.78, 5) is 25.4. The highest BCUT2D eigenvalue weighted by molar-refractivity contribution is 5.83. The fourth-order valence-electron chi connectivity index (χ4n) is 3.15. The van der Waals surface area contributed by atoms with Crippen molar-refractivity contribution in [3.63, 3.8) is 0 Å². The van der Waals surface area contributed by atoms with Crippen molar-refractivity contribution < 1.29 is 9.59 Å². The lowest BCUT2D eigenvalue weighted by molar-refractivity contribution is -0.126. The van der Waals surface area contributed by atoms with E-state index in [1.54, 1.807) is 0 Å². The molecule has 0 aromatic rings. The molecule has 1 saturated heterocycles. The lowest BCUT2D eigenvalue weighted by Crippen LogP contribution is -2.42. The Bertz CT molecular complexity index is 303. The smallest absolute Gasteiger partial charge is 0.220 e. The first-order valence-electron chi connectivity index (χ1n) is 7.21. The molecule has 2 fully saturated rings. The monoisotopic (exact) mass is 252 g/mol. The summed E-state index contributed by atoms with van der Waals surface area (Å²) in [6.07, 6.45) is 7.49. The average Bonchev–Trinajstić information content (AvgIpc) is 2.40. The van der Waals surface area contributed by atoms with E-state index in [4.69, 9.17) is 5.73 Å². The molecule has 0 atom stereocenters. The van der Waals surface area contributed by atoms with Crippen LogP contribution in [0.4, 0.5) is 0 Å². The highest BCUT2D eigenvalue weighted by Gasteiger charge is 2.27. The van der Waals surface area contributed by atoms with Gasteiger partial charge in [-0.3, -0.25) is 14.5 Å². The molecule has 0 unspecified atom stereocenters. The lowest BCUT2D eigenvalue weighted by atomic mass is 9.85. The molecule has 0 spiro atoms. The number of amides is 1. The van der Waals surface area contributed by atoms with Crippen molar-refractivity contribution in [1.29, 1.82) is 0 Å². The van der Waals surface area contributed by atoms with Crippen LogP contribution in [0.25, 0.3) is 0 Å². The van der Waals surface area contributed by atoms with Crippen molar-refractivity contribution in [1.82, 2.24) is 4.90 Å². The Morgan fingerprint density at radius 1 is 0.944 bits per heavy atom. The van der Waals surface area contributed by atoms with Crippen molar-refractivity contribution in [2.75, 3.05) is 19.6 Å². The van der Waals surface area contributed by atoms with E-state index in [9.17, 15) is 9.59 Å².